The maximum atomic E-state index is 10.4. The summed E-state index contributed by atoms with van der Waals surface area (Å²) >= 11 is 0. The molecule has 1 rings (SSSR count). The zero-order valence-corrected chi connectivity index (χ0v) is 4.26. The molecule has 3 heteroatoms. The van der Waals surface area contributed by atoms with E-state index in [-0.39, 0.29) is 6.23 Å². The monoisotopic (exact) mass is 102 g/mol. The van der Waals surface area contributed by atoms with Crippen LogP contribution in [0.3, 0.4) is 0 Å². The van der Waals surface area contributed by atoms with Crippen molar-refractivity contribution in [3.8, 4) is 0 Å². The second-order valence-corrected chi connectivity index (χ2v) is 1.61. The van der Waals surface area contributed by atoms with Crippen molar-refractivity contribution in [3.63, 3.8) is 0 Å². The SMILES string of the molecule is CC1OCCN1[O]. The summed E-state index contributed by atoms with van der Waals surface area (Å²) in [4.78, 5) is 0. The Balaban J connectivity index is 2.33. The maximum Gasteiger partial charge on any atom is 0.133 e. The lowest BCUT2D eigenvalue weighted by Gasteiger charge is -2.04. The van der Waals surface area contributed by atoms with Crippen LogP contribution >= 0.6 is 0 Å². The van der Waals surface area contributed by atoms with Crippen LogP contribution in [0.2, 0.25) is 0 Å². The lowest BCUT2D eigenvalue weighted by atomic mass is 10.6. The fourth-order valence-electron chi connectivity index (χ4n) is 0.578. The third-order valence-electron chi connectivity index (χ3n) is 1.08. The first kappa shape index (κ1) is 5.03. The fourth-order valence-corrected chi connectivity index (χ4v) is 0.578. The summed E-state index contributed by atoms with van der Waals surface area (Å²) < 4.78 is 4.88. The molecular formula is C4H8NO2. The van der Waals surface area contributed by atoms with Crippen molar-refractivity contribution in [1.82, 2.24) is 5.06 Å². The van der Waals surface area contributed by atoms with Crippen molar-refractivity contribution in [2.24, 2.45) is 0 Å². The summed E-state index contributed by atoms with van der Waals surface area (Å²) in [5, 5.41) is 11.3. The van der Waals surface area contributed by atoms with Gasteiger partial charge in [0.05, 0.1) is 13.2 Å². The maximum absolute atomic E-state index is 10.4. The number of nitrogens with zero attached hydrogens (tertiary/aromatic N) is 1. The van der Waals surface area contributed by atoms with Gasteiger partial charge in [0.15, 0.2) is 0 Å². The van der Waals surface area contributed by atoms with E-state index in [4.69, 9.17) is 4.74 Å². The standard InChI is InChI=1S/C4H8NO2/c1-4-5(6)2-3-7-4/h4H,2-3H2,1H3. The van der Waals surface area contributed by atoms with Gasteiger partial charge >= 0.3 is 0 Å². The first-order valence-corrected chi connectivity index (χ1v) is 2.36. The average Bonchev–Trinajstić information content (AvgIpc) is 1.91. The predicted molar refractivity (Wildman–Crippen MR) is 22.8 cm³/mol. The molecule has 0 N–H and O–H groups in total. The van der Waals surface area contributed by atoms with Gasteiger partial charge in [-0.05, 0) is 6.92 Å². The Bertz CT molecular complexity index is 58.7. The van der Waals surface area contributed by atoms with E-state index in [9.17, 15) is 5.21 Å². The molecule has 0 spiro atoms. The molecule has 1 saturated heterocycles. The third-order valence-corrected chi connectivity index (χ3v) is 1.08. The van der Waals surface area contributed by atoms with E-state index in [1.165, 1.54) is 0 Å². The minimum Gasteiger partial charge on any atom is -0.360 e. The largest absolute Gasteiger partial charge is 0.360 e. The van der Waals surface area contributed by atoms with Gasteiger partial charge in [0.25, 0.3) is 0 Å². The van der Waals surface area contributed by atoms with Gasteiger partial charge in [-0.25, -0.2) is 0 Å². The highest BCUT2D eigenvalue weighted by Crippen LogP contribution is 2.03. The quantitative estimate of drug-likeness (QED) is 0.431. The van der Waals surface area contributed by atoms with Gasteiger partial charge < -0.3 is 4.74 Å². The molecule has 0 bridgehead atoms. The van der Waals surface area contributed by atoms with Crippen LogP contribution in [-0.2, 0) is 9.94 Å². The van der Waals surface area contributed by atoms with Crippen molar-refractivity contribution in [2.75, 3.05) is 13.2 Å². The number of hydrogen-bond acceptors (Lipinski definition) is 2. The molecule has 0 aliphatic carbocycles. The van der Waals surface area contributed by atoms with E-state index in [0.29, 0.717) is 13.2 Å². The Hall–Kier alpha value is -0.120. The molecule has 1 atom stereocenters. The lowest BCUT2D eigenvalue weighted by Crippen LogP contribution is -2.21. The highest BCUT2D eigenvalue weighted by molar-refractivity contribution is 4.53. The van der Waals surface area contributed by atoms with Crippen LogP contribution in [0, 0.1) is 0 Å². The lowest BCUT2D eigenvalue weighted by molar-refractivity contribution is -0.198. The molecule has 0 aromatic rings. The molecule has 7 heavy (non-hydrogen) atoms. The van der Waals surface area contributed by atoms with E-state index in [0.717, 1.165) is 5.06 Å². The minimum absolute atomic E-state index is 0.208. The smallest absolute Gasteiger partial charge is 0.133 e. The van der Waals surface area contributed by atoms with Gasteiger partial charge in [0, 0.05) is 0 Å². The normalized spacial score (nSPS) is 34.3. The van der Waals surface area contributed by atoms with Gasteiger partial charge in [-0.1, -0.05) is 0 Å². The van der Waals surface area contributed by atoms with E-state index in [2.05, 4.69) is 0 Å². The van der Waals surface area contributed by atoms with Crippen molar-refractivity contribution in [3.05, 3.63) is 0 Å². The van der Waals surface area contributed by atoms with Crippen molar-refractivity contribution >= 4 is 0 Å². The Morgan fingerprint density at radius 2 is 2.57 bits per heavy atom. The number of hydroxylamine groups is 2. The topological polar surface area (TPSA) is 32.4 Å². The second-order valence-electron chi connectivity index (χ2n) is 1.61. The summed E-state index contributed by atoms with van der Waals surface area (Å²) in [5.74, 6) is 0. The molecule has 0 saturated carbocycles. The highest BCUT2D eigenvalue weighted by atomic mass is 16.6. The van der Waals surface area contributed by atoms with E-state index in [1.807, 2.05) is 0 Å². The molecule has 1 radical (unpaired) electrons. The van der Waals surface area contributed by atoms with Gasteiger partial charge in [-0.15, -0.1) is 10.3 Å². The van der Waals surface area contributed by atoms with E-state index < -0.39 is 0 Å². The molecule has 0 aromatic heterocycles. The molecule has 1 fully saturated rings. The van der Waals surface area contributed by atoms with Crippen LogP contribution in [-0.4, -0.2) is 24.4 Å². The van der Waals surface area contributed by atoms with Crippen LogP contribution in [0.1, 0.15) is 6.92 Å². The van der Waals surface area contributed by atoms with Crippen molar-refractivity contribution in [2.45, 2.75) is 13.2 Å². The molecule has 1 heterocycles. The van der Waals surface area contributed by atoms with Crippen LogP contribution in [0.15, 0.2) is 0 Å². The van der Waals surface area contributed by atoms with Gasteiger partial charge in [-0.3, -0.25) is 0 Å². The van der Waals surface area contributed by atoms with Crippen LogP contribution in [0.5, 0.6) is 0 Å². The number of rotatable bonds is 0. The molecule has 1 aliphatic rings. The van der Waals surface area contributed by atoms with Crippen LogP contribution in [0.4, 0.5) is 0 Å². The summed E-state index contributed by atoms with van der Waals surface area (Å²) in [5.41, 5.74) is 0. The molecule has 1 aliphatic heterocycles. The highest BCUT2D eigenvalue weighted by Gasteiger charge is 2.18. The summed E-state index contributed by atoms with van der Waals surface area (Å²) in [6.45, 7) is 2.87. The van der Waals surface area contributed by atoms with Crippen LogP contribution < -0.4 is 0 Å². The second kappa shape index (κ2) is 1.78. The fraction of sp³-hybridized carbons (Fsp3) is 1.00. The van der Waals surface area contributed by atoms with Crippen LogP contribution in [0.25, 0.3) is 0 Å². The predicted octanol–water partition coefficient (Wildman–Crippen LogP) is 0.0101. The van der Waals surface area contributed by atoms with Gasteiger partial charge in [0.2, 0.25) is 0 Å². The summed E-state index contributed by atoms with van der Waals surface area (Å²) in [7, 11) is 0. The molecule has 3 nitrogen and oxygen atoms in total. The molecular weight excluding hydrogens is 94.0 g/mol. The molecule has 0 amide bonds. The van der Waals surface area contributed by atoms with E-state index in [1.54, 1.807) is 6.92 Å². The summed E-state index contributed by atoms with van der Waals surface area (Å²) in [6, 6.07) is 0. The minimum atomic E-state index is -0.208. The Labute approximate surface area is 42.4 Å². The van der Waals surface area contributed by atoms with Crippen molar-refractivity contribution in [1.29, 1.82) is 0 Å². The first-order chi connectivity index (χ1) is 3.30. The Morgan fingerprint density at radius 3 is 2.71 bits per heavy atom. The molecule has 1 unspecified atom stereocenters. The van der Waals surface area contributed by atoms with Gasteiger partial charge in [-0.2, -0.15) is 0 Å². The Morgan fingerprint density at radius 1 is 1.86 bits per heavy atom. The zero-order chi connectivity index (χ0) is 5.28. The summed E-state index contributed by atoms with van der Waals surface area (Å²) in [6.07, 6.45) is -0.208. The number of ether oxygens (including phenoxy) is 1. The van der Waals surface area contributed by atoms with E-state index >= 15 is 0 Å². The third kappa shape index (κ3) is 0.907. The molecule has 41 valence electrons. The average molecular weight is 102 g/mol. The Kier molecular flexibility index (Phi) is 1.27. The van der Waals surface area contributed by atoms with Crippen molar-refractivity contribution < 1.29 is 9.94 Å². The van der Waals surface area contributed by atoms with Gasteiger partial charge in [0.1, 0.15) is 6.23 Å². The first-order valence-electron chi connectivity index (χ1n) is 2.36. The number of hydrogen-bond donors (Lipinski definition) is 0. The molecule has 0 aromatic carbocycles. The zero-order valence-electron chi connectivity index (χ0n) is 4.26.